The first-order valence-corrected chi connectivity index (χ1v) is 4.17. The maximum absolute atomic E-state index is 12.0. The molecule has 1 unspecified atom stereocenters. The Bertz CT molecular complexity index is 356. The van der Waals surface area contributed by atoms with Crippen LogP contribution in [0.5, 0.6) is 0 Å². The first-order valence-electron chi connectivity index (χ1n) is 3.40. The van der Waals surface area contributed by atoms with Crippen LogP contribution >= 0.6 is 11.5 Å². The van der Waals surface area contributed by atoms with Crippen molar-refractivity contribution in [1.29, 1.82) is 5.26 Å². The highest BCUT2D eigenvalue weighted by Crippen LogP contribution is 2.29. The Morgan fingerprint density at radius 1 is 1.57 bits per heavy atom. The zero-order valence-corrected chi connectivity index (χ0v) is 7.43. The molecule has 0 aromatic carbocycles. The summed E-state index contributed by atoms with van der Waals surface area (Å²) in [5.74, 6) is -2.31. The van der Waals surface area contributed by atoms with Crippen LogP contribution in [0.15, 0.2) is 0 Å². The summed E-state index contributed by atoms with van der Waals surface area (Å²) in [5, 5.41) is 16.9. The quantitative estimate of drug-likeness (QED) is 0.816. The topological polar surface area (TPSA) is 69.8 Å². The van der Waals surface area contributed by atoms with Gasteiger partial charge in [-0.2, -0.15) is 22.8 Å². The lowest BCUT2D eigenvalue weighted by Gasteiger charge is -1.99. The van der Waals surface area contributed by atoms with E-state index in [0.29, 0.717) is 11.5 Å². The summed E-state index contributed by atoms with van der Waals surface area (Å²) in [4.78, 5) is 3.12. The van der Waals surface area contributed by atoms with E-state index in [9.17, 15) is 13.2 Å². The maximum atomic E-state index is 12.0. The summed E-state index contributed by atoms with van der Waals surface area (Å²) < 4.78 is 39.1. The molecule has 76 valence electrons. The second-order valence-corrected chi connectivity index (χ2v) is 3.10. The molecule has 1 aromatic rings. The van der Waals surface area contributed by atoms with Gasteiger partial charge < -0.3 is 5.11 Å². The zero-order valence-electron chi connectivity index (χ0n) is 6.62. The van der Waals surface area contributed by atoms with Crippen LogP contribution in [0.25, 0.3) is 0 Å². The monoisotopic (exact) mass is 223 g/mol. The van der Waals surface area contributed by atoms with Crippen molar-refractivity contribution >= 4 is 11.5 Å². The van der Waals surface area contributed by atoms with Crippen LogP contribution in [0.1, 0.15) is 16.7 Å². The minimum absolute atomic E-state index is 0.123. The van der Waals surface area contributed by atoms with Crippen LogP contribution in [-0.4, -0.2) is 21.1 Å². The summed E-state index contributed by atoms with van der Waals surface area (Å²) in [6, 6.07) is 1.62. The molecular formula is C6H4F3N3OS. The summed E-state index contributed by atoms with van der Waals surface area (Å²) >= 11 is 0.470. The van der Waals surface area contributed by atoms with Gasteiger partial charge in [0.15, 0.2) is 0 Å². The lowest BCUT2D eigenvalue weighted by Crippen LogP contribution is -2.08. The van der Waals surface area contributed by atoms with Crippen LogP contribution in [0, 0.1) is 11.3 Å². The highest BCUT2D eigenvalue weighted by Gasteiger charge is 2.36. The number of rotatable bonds is 2. The second-order valence-electron chi connectivity index (χ2n) is 2.32. The van der Waals surface area contributed by atoms with Gasteiger partial charge in [0.2, 0.25) is 5.82 Å². The molecule has 0 saturated heterocycles. The summed E-state index contributed by atoms with van der Waals surface area (Å²) in [6.45, 7) is -0.566. The Kier molecular flexibility index (Phi) is 3.03. The molecule has 4 nitrogen and oxygen atoms in total. The average molecular weight is 223 g/mol. The van der Waals surface area contributed by atoms with E-state index in [4.69, 9.17) is 10.4 Å². The summed E-state index contributed by atoms with van der Waals surface area (Å²) in [7, 11) is 0. The largest absolute Gasteiger partial charge is 0.452 e. The molecule has 0 aliphatic carbocycles. The predicted octanol–water partition coefficient (Wildman–Crippen LogP) is 1.16. The fourth-order valence-corrected chi connectivity index (χ4v) is 1.37. The normalized spacial score (nSPS) is 13.6. The predicted molar refractivity (Wildman–Crippen MR) is 40.4 cm³/mol. The molecule has 1 aromatic heterocycles. The van der Waals surface area contributed by atoms with E-state index in [1.54, 1.807) is 6.07 Å². The third-order valence-corrected chi connectivity index (χ3v) is 2.16. The van der Waals surface area contributed by atoms with E-state index >= 15 is 0 Å². The molecule has 0 saturated carbocycles. The third kappa shape index (κ3) is 2.18. The minimum Gasteiger partial charge on any atom is -0.395 e. The van der Waals surface area contributed by atoms with Crippen LogP contribution in [0.3, 0.4) is 0 Å². The lowest BCUT2D eigenvalue weighted by molar-refractivity contribution is -0.144. The molecule has 1 rings (SSSR count). The Labute approximate surface area is 80.8 Å². The molecule has 0 aliphatic heterocycles. The van der Waals surface area contributed by atoms with E-state index in [1.165, 1.54) is 0 Å². The Morgan fingerprint density at radius 2 is 2.21 bits per heavy atom. The van der Waals surface area contributed by atoms with Crippen molar-refractivity contribution in [3.8, 4) is 6.07 Å². The molecule has 1 heterocycles. The number of halogens is 3. The number of hydrogen-bond acceptors (Lipinski definition) is 5. The Balaban J connectivity index is 2.94. The number of aromatic nitrogens is 2. The molecule has 0 aliphatic rings. The van der Waals surface area contributed by atoms with Gasteiger partial charge in [-0.25, -0.2) is 4.98 Å². The number of aliphatic hydroxyl groups excluding tert-OH is 1. The first kappa shape index (κ1) is 10.9. The third-order valence-electron chi connectivity index (χ3n) is 1.33. The average Bonchev–Trinajstić information content (AvgIpc) is 2.54. The molecule has 1 atom stereocenters. The van der Waals surface area contributed by atoms with E-state index in [-0.39, 0.29) is 5.01 Å². The SMILES string of the molecule is N#CC(CO)c1nc(C(F)(F)F)ns1. The van der Waals surface area contributed by atoms with Crippen molar-refractivity contribution in [2.24, 2.45) is 0 Å². The molecule has 0 amide bonds. The van der Waals surface area contributed by atoms with Gasteiger partial charge in [0.25, 0.3) is 0 Å². The van der Waals surface area contributed by atoms with E-state index in [2.05, 4.69) is 9.36 Å². The maximum Gasteiger partial charge on any atom is 0.452 e. The highest BCUT2D eigenvalue weighted by molar-refractivity contribution is 7.05. The zero-order chi connectivity index (χ0) is 10.8. The van der Waals surface area contributed by atoms with Gasteiger partial charge in [0.05, 0.1) is 12.7 Å². The molecule has 1 N–H and O–H groups in total. The Morgan fingerprint density at radius 3 is 2.57 bits per heavy atom. The fraction of sp³-hybridized carbons (Fsp3) is 0.500. The number of hydrogen-bond donors (Lipinski definition) is 1. The van der Waals surface area contributed by atoms with E-state index < -0.39 is 24.5 Å². The second kappa shape index (κ2) is 3.89. The highest BCUT2D eigenvalue weighted by atomic mass is 32.1. The minimum atomic E-state index is -4.61. The van der Waals surface area contributed by atoms with Crippen LogP contribution in [0.4, 0.5) is 13.2 Å². The van der Waals surface area contributed by atoms with Crippen molar-refractivity contribution in [3.63, 3.8) is 0 Å². The van der Waals surface area contributed by atoms with E-state index in [1.807, 2.05) is 0 Å². The van der Waals surface area contributed by atoms with Gasteiger partial charge in [-0.3, -0.25) is 0 Å². The number of nitriles is 1. The molecule has 0 radical (unpaired) electrons. The molecule has 14 heavy (non-hydrogen) atoms. The van der Waals surface area contributed by atoms with Crippen LogP contribution < -0.4 is 0 Å². The van der Waals surface area contributed by atoms with Crippen molar-refractivity contribution in [2.45, 2.75) is 12.1 Å². The number of nitrogens with zero attached hydrogens (tertiary/aromatic N) is 3. The van der Waals surface area contributed by atoms with Gasteiger partial charge in [-0.05, 0) is 11.5 Å². The lowest BCUT2D eigenvalue weighted by atomic mass is 10.2. The van der Waals surface area contributed by atoms with Crippen molar-refractivity contribution in [3.05, 3.63) is 10.8 Å². The smallest absolute Gasteiger partial charge is 0.395 e. The van der Waals surface area contributed by atoms with Gasteiger partial charge >= 0.3 is 6.18 Å². The van der Waals surface area contributed by atoms with Crippen LogP contribution in [-0.2, 0) is 6.18 Å². The van der Waals surface area contributed by atoms with Crippen LogP contribution in [0.2, 0.25) is 0 Å². The standard InChI is InChI=1S/C6H4F3N3OS/c7-6(8,9)5-11-4(14-12-5)3(1-10)2-13/h3,13H,2H2. The molecule has 0 bridgehead atoms. The van der Waals surface area contributed by atoms with Gasteiger partial charge in [-0.1, -0.05) is 0 Å². The number of aliphatic hydroxyl groups is 1. The molecule has 0 fully saturated rings. The fourth-order valence-electron chi connectivity index (χ4n) is 0.666. The summed E-state index contributed by atoms with van der Waals surface area (Å²) in [5.41, 5.74) is 0. The molecule has 8 heteroatoms. The van der Waals surface area contributed by atoms with Gasteiger partial charge in [0, 0.05) is 0 Å². The van der Waals surface area contributed by atoms with Crippen molar-refractivity contribution in [2.75, 3.05) is 6.61 Å². The van der Waals surface area contributed by atoms with Gasteiger partial charge in [-0.15, -0.1) is 0 Å². The summed E-state index contributed by atoms with van der Waals surface area (Å²) in [6.07, 6.45) is -4.61. The number of alkyl halides is 3. The molecular weight excluding hydrogens is 219 g/mol. The molecule has 0 spiro atoms. The Hall–Kier alpha value is -1.20. The van der Waals surface area contributed by atoms with Crippen molar-refractivity contribution < 1.29 is 18.3 Å². The van der Waals surface area contributed by atoms with Crippen molar-refractivity contribution in [1.82, 2.24) is 9.36 Å². The van der Waals surface area contributed by atoms with E-state index in [0.717, 1.165) is 0 Å². The first-order chi connectivity index (χ1) is 6.49. The van der Waals surface area contributed by atoms with Gasteiger partial charge in [0.1, 0.15) is 10.9 Å².